The van der Waals surface area contributed by atoms with Crippen LogP contribution in [0.25, 0.3) is 0 Å². The standard InChI is InChI=1S/C13H14N2O5/c1-8-14-12(20-15-8)7-19-13(16)10-6-9(17-2)4-5-11(10)18-3/h4-6H,7H2,1-3H3. The van der Waals surface area contributed by atoms with Crippen molar-refractivity contribution >= 4 is 5.97 Å². The van der Waals surface area contributed by atoms with Gasteiger partial charge in [0.1, 0.15) is 17.1 Å². The minimum Gasteiger partial charge on any atom is -0.497 e. The predicted molar refractivity (Wildman–Crippen MR) is 67.7 cm³/mol. The van der Waals surface area contributed by atoms with Crippen LogP contribution in [0.1, 0.15) is 22.1 Å². The van der Waals surface area contributed by atoms with Gasteiger partial charge < -0.3 is 18.7 Å². The average molecular weight is 278 g/mol. The van der Waals surface area contributed by atoms with Crippen molar-refractivity contribution in [1.82, 2.24) is 10.1 Å². The van der Waals surface area contributed by atoms with E-state index in [1.807, 2.05) is 0 Å². The molecule has 0 bridgehead atoms. The molecule has 1 aromatic heterocycles. The van der Waals surface area contributed by atoms with E-state index in [2.05, 4.69) is 10.1 Å². The van der Waals surface area contributed by atoms with Crippen molar-refractivity contribution in [1.29, 1.82) is 0 Å². The van der Waals surface area contributed by atoms with Gasteiger partial charge in [0.15, 0.2) is 12.4 Å². The molecule has 1 heterocycles. The maximum Gasteiger partial charge on any atom is 0.342 e. The molecule has 2 aromatic rings. The van der Waals surface area contributed by atoms with Gasteiger partial charge >= 0.3 is 5.97 Å². The third kappa shape index (κ3) is 3.05. The lowest BCUT2D eigenvalue weighted by atomic mass is 10.2. The molecular formula is C13H14N2O5. The maximum absolute atomic E-state index is 12.0. The summed E-state index contributed by atoms with van der Waals surface area (Å²) in [5.41, 5.74) is 0.267. The summed E-state index contributed by atoms with van der Waals surface area (Å²) in [6.45, 7) is 1.58. The number of carbonyl (C=O) groups is 1. The number of hydrogen-bond donors (Lipinski definition) is 0. The number of ether oxygens (including phenoxy) is 3. The molecular weight excluding hydrogens is 264 g/mol. The molecule has 0 amide bonds. The second kappa shape index (κ2) is 6.05. The fraction of sp³-hybridized carbons (Fsp3) is 0.308. The van der Waals surface area contributed by atoms with Crippen molar-refractivity contribution in [3.05, 3.63) is 35.5 Å². The summed E-state index contributed by atoms with van der Waals surface area (Å²) in [6.07, 6.45) is 0. The summed E-state index contributed by atoms with van der Waals surface area (Å²) in [7, 11) is 2.98. The molecule has 106 valence electrons. The number of methoxy groups -OCH3 is 2. The summed E-state index contributed by atoms with van der Waals surface area (Å²) in [6, 6.07) is 4.86. The monoisotopic (exact) mass is 278 g/mol. The van der Waals surface area contributed by atoms with Crippen molar-refractivity contribution in [3.8, 4) is 11.5 Å². The van der Waals surface area contributed by atoms with Gasteiger partial charge in [-0.15, -0.1) is 0 Å². The van der Waals surface area contributed by atoms with E-state index in [9.17, 15) is 4.79 Å². The van der Waals surface area contributed by atoms with E-state index >= 15 is 0 Å². The van der Waals surface area contributed by atoms with Gasteiger partial charge in [-0.2, -0.15) is 4.98 Å². The van der Waals surface area contributed by atoms with Gasteiger partial charge in [-0.05, 0) is 25.1 Å². The summed E-state index contributed by atoms with van der Waals surface area (Å²) in [4.78, 5) is 16.0. The van der Waals surface area contributed by atoms with E-state index in [4.69, 9.17) is 18.7 Å². The van der Waals surface area contributed by atoms with E-state index in [-0.39, 0.29) is 18.1 Å². The fourth-order valence-electron chi connectivity index (χ4n) is 1.58. The van der Waals surface area contributed by atoms with Crippen molar-refractivity contribution in [2.45, 2.75) is 13.5 Å². The molecule has 1 aromatic carbocycles. The van der Waals surface area contributed by atoms with E-state index in [1.54, 1.807) is 25.1 Å². The SMILES string of the molecule is COc1ccc(OC)c(C(=O)OCc2nc(C)no2)c1. The number of nitrogens with zero attached hydrogens (tertiary/aromatic N) is 2. The number of aromatic nitrogens is 2. The first-order valence-corrected chi connectivity index (χ1v) is 5.82. The van der Waals surface area contributed by atoms with E-state index < -0.39 is 5.97 Å². The van der Waals surface area contributed by atoms with Crippen LogP contribution < -0.4 is 9.47 Å². The fourth-order valence-corrected chi connectivity index (χ4v) is 1.58. The van der Waals surface area contributed by atoms with Crippen LogP contribution in [-0.4, -0.2) is 30.3 Å². The summed E-state index contributed by atoms with van der Waals surface area (Å²) in [5.74, 6) is 1.09. The first kappa shape index (κ1) is 13.9. The Morgan fingerprint density at radius 3 is 2.70 bits per heavy atom. The zero-order chi connectivity index (χ0) is 14.5. The van der Waals surface area contributed by atoms with Crippen molar-refractivity contribution in [2.24, 2.45) is 0 Å². The van der Waals surface area contributed by atoms with E-state index in [1.165, 1.54) is 14.2 Å². The highest BCUT2D eigenvalue weighted by Gasteiger charge is 2.16. The first-order chi connectivity index (χ1) is 9.63. The Balaban J connectivity index is 2.11. The van der Waals surface area contributed by atoms with Gasteiger partial charge in [-0.3, -0.25) is 0 Å². The van der Waals surface area contributed by atoms with Crippen LogP contribution in [-0.2, 0) is 11.3 Å². The highest BCUT2D eigenvalue weighted by molar-refractivity contribution is 5.93. The number of rotatable bonds is 5. The summed E-state index contributed by atoms with van der Waals surface area (Å²) in [5, 5.41) is 3.61. The topological polar surface area (TPSA) is 83.7 Å². The normalized spacial score (nSPS) is 10.2. The van der Waals surface area contributed by atoms with Crippen LogP contribution in [0, 0.1) is 6.92 Å². The third-order valence-corrected chi connectivity index (χ3v) is 2.52. The lowest BCUT2D eigenvalue weighted by molar-refractivity contribution is 0.0426. The molecule has 0 saturated carbocycles. The zero-order valence-corrected chi connectivity index (χ0v) is 11.4. The first-order valence-electron chi connectivity index (χ1n) is 5.82. The van der Waals surface area contributed by atoms with Gasteiger partial charge in [0.2, 0.25) is 0 Å². The zero-order valence-electron chi connectivity index (χ0n) is 11.4. The van der Waals surface area contributed by atoms with Gasteiger partial charge in [0.05, 0.1) is 14.2 Å². The molecule has 2 rings (SSSR count). The Hall–Kier alpha value is -2.57. The molecule has 7 heteroatoms. The number of esters is 1. The molecule has 0 atom stereocenters. The maximum atomic E-state index is 12.0. The molecule has 0 spiro atoms. The molecule has 0 aliphatic rings. The van der Waals surface area contributed by atoms with E-state index in [0.29, 0.717) is 17.3 Å². The molecule has 0 N–H and O–H groups in total. The summed E-state index contributed by atoms with van der Waals surface area (Å²) < 4.78 is 20.1. The smallest absolute Gasteiger partial charge is 0.342 e. The molecule has 7 nitrogen and oxygen atoms in total. The molecule has 0 aliphatic heterocycles. The van der Waals surface area contributed by atoms with Crippen molar-refractivity contribution in [3.63, 3.8) is 0 Å². The van der Waals surface area contributed by atoms with Crippen LogP contribution in [0.5, 0.6) is 11.5 Å². The Morgan fingerprint density at radius 2 is 2.10 bits per heavy atom. The largest absolute Gasteiger partial charge is 0.497 e. The predicted octanol–water partition coefficient (Wildman–Crippen LogP) is 1.75. The van der Waals surface area contributed by atoms with Crippen LogP contribution in [0.4, 0.5) is 0 Å². The third-order valence-electron chi connectivity index (χ3n) is 2.52. The molecule has 20 heavy (non-hydrogen) atoms. The quantitative estimate of drug-likeness (QED) is 0.770. The molecule has 0 fully saturated rings. The summed E-state index contributed by atoms with van der Waals surface area (Å²) >= 11 is 0. The minimum absolute atomic E-state index is 0.0972. The second-order valence-electron chi connectivity index (χ2n) is 3.88. The number of benzene rings is 1. The number of carbonyl (C=O) groups excluding carboxylic acids is 1. The van der Waals surface area contributed by atoms with Crippen molar-refractivity contribution in [2.75, 3.05) is 14.2 Å². The Morgan fingerprint density at radius 1 is 1.30 bits per heavy atom. The molecule has 0 radical (unpaired) electrons. The van der Waals surface area contributed by atoms with Crippen LogP contribution >= 0.6 is 0 Å². The number of hydrogen-bond acceptors (Lipinski definition) is 7. The van der Waals surface area contributed by atoms with Crippen LogP contribution in [0.2, 0.25) is 0 Å². The second-order valence-corrected chi connectivity index (χ2v) is 3.88. The number of aryl methyl sites for hydroxylation is 1. The average Bonchev–Trinajstić information content (AvgIpc) is 2.89. The van der Waals surface area contributed by atoms with Gasteiger partial charge in [0, 0.05) is 0 Å². The van der Waals surface area contributed by atoms with Crippen LogP contribution in [0.3, 0.4) is 0 Å². The van der Waals surface area contributed by atoms with Gasteiger partial charge in [0.25, 0.3) is 5.89 Å². The Labute approximate surface area is 115 Å². The lowest BCUT2D eigenvalue weighted by Gasteiger charge is -2.09. The molecule has 0 unspecified atom stereocenters. The van der Waals surface area contributed by atoms with Crippen molar-refractivity contribution < 1.29 is 23.5 Å². The van der Waals surface area contributed by atoms with Crippen LogP contribution in [0.15, 0.2) is 22.7 Å². The highest BCUT2D eigenvalue weighted by Crippen LogP contribution is 2.24. The minimum atomic E-state index is -0.559. The Kier molecular flexibility index (Phi) is 4.19. The molecule has 0 aliphatic carbocycles. The lowest BCUT2D eigenvalue weighted by Crippen LogP contribution is -2.07. The van der Waals surface area contributed by atoms with Gasteiger partial charge in [-0.1, -0.05) is 5.16 Å². The Bertz CT molecular complexity index is 609. The molecule has 0 saturated heterocycles. The highest BCUT2D eigenvalue weighted by atomic mass is 16.6. The van der Waals surface area contributed by atoms with E-state index in [0.717, 1.165) is 0 Å². The van der Waals surface area contributed by atoms with Gasteiger partial charge in [-0.25, -0.2) is 4.79 Å².